The van der Waals surface area contributed by atoms with E-state index in [4.69, 9.17) is 9.73 Å². The Morgan fingerprint density at radius 2 is 1.00 bits per heavy atom. The maximum absolute atomic E-state index is 7.47. The van der Waals surface area contributed by atoms with E-state index in [-0.39, 0.29) is 5.92 Å². The molecule has 0 aromatic heterocycles. The largest absolute Gasteiger partial charge is 0.459 e. The van der Waals surface area contributed by atoms with E-state index >= 15 is 0 Å². The van der Waals surface area contributed by atoms with Crippen LogP contribution >= 0.6 is 0 Å². The molecule has 2 unspecified atom stereocenters. The zero-order valence-corrected chi connectivity index (χ0v) is 27.0. The molecule has 1 spiro atoms. The van der Waals surface area contributed by atoms with E-state index in [1.807, 2.05) is 0 Å². The Labute approximate surface area is 240 Å². The highest BCUT2D eigenvalue weighted by Crippen LogP contribution is 2.57. The molecule has 0 bridgehead atoms. The SMILES string of the molecule is Cc1c(C)c(C)c2c(c1C)C(C)C1(C=Nc3c(c4c(C)c(C)c(C)c(C)c4c4c(C)c(C)c(C)c(C)c34)O1)N2C. The Bertz CT molecular complexity index is 1830. The van der Waals surface area contributed by atoms with Crippen LogP contribution in [0.2, 0.25) is 0 Å². The molecule has 3 heteroatoms. The van der Waals surface area contributed by atoms with Gasteiger partial charge in [0.05, 0.1) is 6.21 Å². The van der Waals surface area contributed by atoms with E-state index in [9.17, 15) is 0 Å². The first-order valence-electron chi connectivity index (χ1n) is 14.7. The summed E-state index contributed by atoms with van der Waals surface area (Å²) in [5.41, 5.74) is 19.2. The zero-order valence-electron chi connectivity index (χ0n) is 27.0. The van der Waals surface area contributed by atoms with Crippen molar-refractivity contribution >= 4 is 39.1 Å². The fourth-order valence-electron chi connectivity index (χ4n) is 7.94. The summed E-state index contributed by atoms with van der Waals surface area (Å²) in [5.74, 6) is 1.07. The second kappa shape index (κ2) is 8.35. The highest BCUT2D eigenvalue weighted by Gasteiger charge is 2.53. The lowest BCUT2D eigenvalue weighted by atomic mass is 9.82. The molecule has 3 nitrogen and oxygen atoms in total. The normalized spacial score (nSPS) is 19.6. The summed E-state index contributed by atoms with van der Waals surface area (Å²) in [4.78, 5) is 7.77. The number of likely N-dealkylation sites (N-methyl/N-ethyl adjacent to an activating group) is 1. The third-order valence-corrected chi connectivity index (χ3v) is 11.6. The van der Waals surface area contributed by atoms with Gasteiger partial charge in [-0.2, -0.15) is 0 Å². The molecule has 2 aliphatic rings. The average molecular weight is 533 g/mol. The maximum atomic E-state index is 7.47. The van der Waals surface area contributed by atoms with Gasteiger partial charge in [-0.15, -0.1) is 0 Å². The van der Waals surface area contributed by atoms with Crippen molar-refractivity contribution in [1.82, 2.24) is 0 Å². The molecule has 208 valence electrons. The first-order valence-corrected chi connectivity index (χ1v) is 14.7. The lowest BCUT2D eigenvalue weighted by Crippen LogP contribution is -2.54. The number of benzene rings is 4. The lowest BCUT2D eigenvalue weighted by Gasteiger charge is -2.41. The van der Waals surface area contributed by atoms with Gasteiger partial charge in [-0.3, -0.25) is 4.99 Å². The minimum atomic E-state index is -0.687. The van der Waals surface area contributed by atoms with E-state index in [1.54, 1.807) is 0 Å². The molecule has 6 rings (SSSR count). The summed E-state index contributed by atoms with van der Waals surface area (Å²) in [7, 11) is 2.19. The van der Waals surface area contributed by atoms with E-state index in [2.05, 4.69) is 108 Å². The summed E-state index contributed by atoms with van der Waals surface area (Å²) in [6, 6.07) is 0. The smallest absolute Gasteiger partial charge is 0.226 e. The molecular formula is C37H44N2O. The Morgan fingerprint density at radius 1 is 0.575 bits per heavy atom. The maximum Gasteiger partial charge on any atom is 0.226 e. The van der Waals surface area contributed by atoms with Gasteiger partial charge in [0, 0.05) is 29.4 Å². The average Bonchev–Trinajstić information content (AvgIpc) is 3.14. The quantitative estimate of drug-likeness (QED) is 0.211. The minimum absolute atomic E-state index is 0.128. The third-order valence-electron chi connectivity index (χ3n) is 11.6. The Kier molecular flexibility index (Phi) is 5.61. The van der Waals surface area contributed by atoms with Gasteiger partial charge in [0.25, 0.3) is 0 Å². The van der Waals surface area contributed by atoms with Crippen molar-refractivity contribution in [3.05, 3.63) is 72.3 Å². The number of aliphatic imine (C=N–C) groups is 1. The fourth-order valence-corrected chi connectivity index (χ4v) is 7.94. The van der Waals surface area contributed by atoms with Crippen LogP contribution in [0, 0.1) is 83.1 Å². The highest BCUT2D eigenvalue weighted by atomic mass is 16.5. The second-order valence-corrected chi connectivity index (χ2v) is 12.8. The number of anilines is 1. The molecule has 0 radical (unpaired) electrons. The van der Waals surface area contributed by atoms with Gasteiger partial charge in [-0.05, 0) is 166 Å². The molecule has 0 amide bonds. The molecule has 2 heterocycles. The van der Waals surface area contributed by atoms with Crippen molar-refractivity contribution in [3.63, 3.8) is 0 Å². The minimum Gasteiger partial charge on any atom is -0.459 e. The van der Waals surface area contributed by atoms with Crippen molar-refractivity contribution < 1.29 is 4.74 Å². The molecule has 0 saturated carbocycles. The van der Waals surface area contributed by atoms with E-state index < -0.39 is 5.72 Å². The van der Waals surface area contributed by atoms with E-state index in [0.717, 1.165) is 11.4 Å². The molecular weight excluding hydrogens is 488 g/mol. The zero-order chi connectivity index (χ0) is 29.3. The molecule has 2 atom stereocenters. The highest BCUT2D eigenvalue weighted by molar-refractivity contribution is 6.22. The third kappa shape index (κ3) is 2.94. The molecule has 0 fully saturated rings. The summed E-state index contributed by atoms with van der Waals surface area (Å²) >= 11 is 0. The predicted octanol–water partition coefficient (Wildman–Crippen LogP) is 9.74. The summed E-state index contributed by atoms with van der Waals surface area (Å²) < 4.78 is 7.47. The van der Waals surface area contributed by atoms with Crippen LogP contribution in [0.4, 0.5) is 11.4 Å². The van der Waals surface area contributed by atoms with Crippen LogP contribution in [0.1, 0.15) is 85.2 Å². The van der Waals surface area contributed by atoms with E-state index in [1.165, 1.54) is 99.6 Å². The molecule has 40 heavy (non-hydrogen) atoms. The lowest BCUT2D eigenvalue weighted by molar-refractivity contribution is 0.131. The summed E-state index contributed by atoms with van der Waals surface area (Å²) in [6.07, 6.45) is 2.11. The monoisotopic (exact) mass is 532 g/mol. The van der Waals surface area contributed by atoms with Crippen molar-refractivity contribution in [2.24, 2.45) is 4.99 Å². The van der Waals surface area contributed by atoms with Crippen molar-refractivity contribution in [3.8, 4) is 5.75 Å². The fraction of sp³-hybridized carbons (Fsp3) is 0.432. The van der Waals surface area contributed by atoms with Crippen molar-refractivity contribution in [2.75, 3.05) is 11.9 Å². The van der Waals surface area contributed by atoms with Gasteiger partial charge in [0.15, 0.2) is 5.75 Å². The Balaban J connectivity index is 1.78. The first kappa shape index (κ1) is 26.9. The number of nitrogens with zero attached hydrogens (tertiary/aromatic N) is 2. The predicted molar refractivity (Wildman–Crippen MR) is 173 cm³/mol. The first-order chi connectivity index (χ1) is 18.7. The van der Waals surface area contributed by atoms with Crippen LogP contribution in [-0.2, 0) is 0 Å². The van der Waals surface area contributed by atoms with E-state index in [0.29, 0.717) is 0 Å². The van der Waals surface area contributed by atoms with Crippen LogP contribution in [0.15, 0.2) is 4.99 Å². The van der Waals surface area contributed by atoms with Crippen LogP contribution in [0.5, 0.6) is 5.75 Å². The van der Waals surface area contributed by atoms with Gasteiger partial charge < -0.3 is 9.64 Å². The van der Waals surface area contributed by atoms with Gasteiger partial charge in [-0.25, -0.2) is 0 Å². The van der Waals surface area contributed by atoms with Crippen molar-refractivity contribution in [2.45, 2.75) is 102 Å². The van der Waals surface area contributed by atoms with Gasteiger partial charge in [0.2, 0.25) is 5.72 Å². The second-order valence-electron chi connectivity index (χ2n) is 12.8. The number of ether oxygens (including phenoxy) is 1. The number of hydrogen-bond donors (Lipinski definition) is 0. The number of aryl methyl sites for hydroxylation is 4. The number of hydrogen-bond acceptors (Lipinski definition) is 3. The Hall–Kier alpha value is -3.33. The summed E-state index contributed by atoms with van der Waals surface area (Å²) in [6.45, 7) is 29.5. The standard InChI is InChI=1S/C37H44N2O/c1-16-18(3)25(10)32-30(23(16)8)31-24(9)17(2)19(4)26(11)33(31)36-34(32)38-15-37(40-36)28(13)29-22(7)20(5)21(6)27(12)35(29)39(37)14/h15,28H,1-14H3. The number of fused-ring (bicyclic) bond motifs is 7. The van der Waals surface area contributed by atoms with Crippen molar-refractivity contribution in [1.29, 1.82) is 0 Å². The van der Waals surface area contributed by atoms with Crippen LogP contribution in [0.25, 0.3) is 21.5 Å². The van der Waals surface area contributed by atoms with Gasteiger partial charge in [-0.1, -0.05) is 6.92 Å². The van der Waals surface area contributed by atoms with Gasteiger partial charge in [0.1, 0.15) is 5.69 Å². The van der Waals surface area contributed by atoms with Crippen LogP contribution in [0.3, 0.4) is 0 Å². The molecule has 2 aliphatic heterocycles. The molecule has 4 aromatic rings. The Morgan fingerprint density at radius 3 is 1.55 bits per heavy atom. The van der Waals surface area contributed by atoms with Crippen LogP contribution < -0.4 is 9.64 Å². The van der Waals surface area contributed by atoms with Crippen LogP contribution in [-0.4, -0.2) is 19.0 Å². The molecule has 0 saturated heterocycles. The topological polar surface area (TPSA) is 24.8 Å². The summed E-state index contributed by atoms with van der Waals surface area (Å²) in [5, 5.41) is 5.13. The molecule has 0 N–H and O–H groups in total. The van der Waals surface area contributed by atoms with Gasteiger partial charge >= 0.3 is 0 Å². The number of rotatable bonds is 0. The molecule has 0 aliphatic carbocycles. The molecule has 4 aromatic carbocycles.